The second-order valence-electron chi connectivity index (χ2n) is 5.16. The van der Waals surface area contributed by atoms with E-state index >= 15 is 0 Å². The Morgan fingerprint density at radius 3 is 2.56 bits per heavy atom. The van der Waals surface area contributed by atoms with Crippen LogP contribution in [0.3, 0.4) is 0 Å². The van der Waals surface area contributed by atoms with Gasteiger partial charge in [0.2, 0.25) is 0 Å². The number of carbonyl (C=O) groups is 2. The van der Waals surface area contributed by atoms with Gasteiger partial charge in [0, 0.05) is 12.1 Å². The third kappa shape index (κ3) is 3.12. The highest BCUT2D eigenvalue weighted by molar-refractivity contribution is 5.95. The van der Waals surface area contributed by atoms with Gasteiger partial charge in [-0.25, -0.2) is 9.59 Å². The van der Waals surface area contributed by atoms with Gasteiger partial charge in [0.25, 0.3) is 0 Å². The summed E-state index contributed by atoms with van der Waals surface area (Å²) in [5.74, 6) is -0.972. The molecule has 2 atom stereocenters. The first-order valence-electron chi connectivity index (χ1n) is 5.52. The number of alkyl carbamates (subject to hydrolysis) is 1. The summed E-state index contributed by atoms with van der Waals surface area (Å²) in [6, 6.07) is 0. The van der Waals surface area contributed by atoms with Crippen molar-refractivity contribution >= 4 is 18.3 Å². The maximum absolute atomic E-state index is 11.6. The largest absolute Gasteiger partial charge is 0.467 e. The number of oxime groups is 1. The molecule has 0 radical (unpaired) electrons. The van der Waals surface area contributed by atoms with Crippen molar-refractivity contribution in [1.29, 1.82) is 0 Å². The number of esters is 1. The minimum Gasteiger partial charge on any atom is -0.467 e. The first-order chi connectivity index (χ1) is 8.25. The standard InChI is InChI=1S/C11H18N2O5/c1-10(2,3)18-9(15)13-11(8(14)17-4)5-7(11)6-12-16/h6-7,16H,5H2,1-4H3,(H,13,15)/b12-6+/t7-,11-/m0/s1. The predicted octanol–water partition coefficient (Wildman–Crippen LogP) is 0.903. The smallest absolute Gasteiger partial charge is 0.408 e. The molecule has 1 rings (SSSR count). The van der Waals surface area contributed by atoms with Crippen molar-refractivity contribution in [3.63, 3.8) is 0 Å². The highest BCUT2D eigenvalue weighted by Crippen LogP contribution is 2.43. The average molecular weight is 258 g/mol. The van der Waals surface area contributed by atoms with Gasteiger partial charge in [0.05, 0.1) is 7.11 Å². The van der Waals surface area contributed by atoms with Crippen molar-refractivity contribution in [2.75, 3.05) is 7.11 Å². The zero-order valence-electron chi connectivity index (χ0n) is 10.9. The van der Waals surface area contributed by atoms with Gasteiger partial charge in [-0.15, -0.1) is 5.16 Å². The zero-order chi connectivity index (χ0) is 14.0. The molecule has 0 aliphatic heterocycles. The van der Waals surface area contributed by atoms with Gasteiger partial charge in [-0.1, -0.05) is 0 Å². The van der Waals surface area contributed by atoms with E-state index in [1.165, 1.54) is 13.3 Å². The van der Waals surface area contributed by atoms with Crippen LogP contribution in [0.15, 0.2) is 5.16 Å². The normalized spacial score (nSPS) is 26.8. The first kappa shape index (κ1) is 14.3. The molecule has 102 valence electrons. The lowest BCUT2D eigenvalue weighted by Gasteiger charge is -2.22. The Balaban J connectivity index is 2.71. The molecule has 0 aromatic rings. The second-order valence-corrected chi connectivity index (χ2v) is 5.16. The fourth-order valence-electron chi connectivity index (χ4n) is 1.65. The maximum Gasteiger partial charge on any atom is 0.408 e. The molecule has 2 N–H and O–H groups in total. The molecule has 18 heavy (non-hydrogen) atoms. The molecule has 0 spiro atoms. The number of ether oxygens (including phenoxy) is 2. The molecular formula is C11H18N2O5. The molecule has 0 bridgehead atoms. The molecule has 0 saturated heterocycles. The summed E-state index contributed by atoms with van der Waals surface area (Å²) < 4.78 is 9.70. The molecular weight excluding hydrogens is 240 g/mol. The molecule has 0 aromatic carbocycles. The molecule has 1 aliphatic rings. The van der Waals surface area contributed by atoms with Gasteiger partial charge in [-0.05, 0) is 27.2 Å². The Kier molecular flexibility index (Phi) is 3.83. The lowest BCUT2D eigenvalue weighted by Crippen LogP contribution is -2.47. The number of rotatable bonds is 3. The van der Waals surface area contributed by atoms with Crippen LogP contribution in [0.5, 0.6) is 0 Å². The minimum absolute atomic E-state index is 0.322. The van der Waals surface area contributed by atoms with Gasteiger partial charge >= 0.3 is 12.1 Å². The summed E-state index contributed by atoms with van der Waals surface area (Å²) in [5.41, 5.74) is -1.83. The number of amides is 1. The number of nitrogens with one attached hydrogen (secondary N) is 1. The number of methoxy groups -OCH3 is 1. The van der Waals surface area contributed by atoms with E-state index in [1.54, 1.807) is 20.8 Å². The zero-order valence-corrected chi connectivity index (χ0v) is 10.9. The van der Waals surface area contributed by atoms with Crippen LogP contribution in [0.2, 0.25) is 0 Å². The summed E-state index contributed by atoms with van der Waals surface area (Å²) in [5, 5.41) is 13.8. The fraction of sp³-hybridized carbons (Fsp3) is 0.727. The molecule has 1 amide bonds. The predicted molar refractivity (Wildman–Crippen MR) is 62.5 cm³/mol. The van der Waals surface area contributed by atoms with Gasteiger partial charge in [0.1, 0.15) is 11.1 Å². The molecule has 1 aliphatic carbocycles. The number of carbonyl (C=O) groups excluding carboxylic acids is 2. The monoisotopic (exact) mass is 258 g/mol. The van der Waals surface area contributed by atoms with Crippen LogP contribution < -0.4 is 5.32 Å². The Morgan fingerprint density at radius 1 is 1.50 bits per heavy atom. The average Bonchev–Trinajstić information content (AvgIpc) is 2.89. The summed E-state index contributed by atoms with van der Waals surface area (Å²) >= 11 is 0. The maximum atomic E-state index is 11.6. The summed E-state index contributed by atoms with van der Waals surface area (Å²) in [4.78, 5) is 23.3. The van der Waals surface area contributed by atoms with Crippen molar-refractivity contribution < 1.29 is 24.3 Å². The fourth-order valence-corrected chi connectivity index (χ4v) is 1.65. The van der Waals surface area contributed by atoms with E-state index in [0.717, 1.165) is 0 Å². The highest BCUT2D eigenvalue weighted by Gasteiger charge is 2.62. The van der Waals surface area contributed by atoms with Gasteiger partial charge < -0.3 is 20.0 Å². The van der Waals surface area contributed by atoms with E-state index in [-0.39, 0.29) is 5.92 Å². The SMILES string of the molecule is COC(=O)[C@]1(NC(=O)OC(C)(C)C)C[C@H]1/C=N/O. The van der Waals surface area contributed by atoms with Crippen LogP contribution in [-0.2, 0) is 14.3 Å². The van der Waals surface area contributed by atoms with Crippen LogP contribution in [0.25, 0.3) is 0 Å². The molecule has 1 saturated carbocycles. The molecule has 1 fully saturated rings. The molecule has 0 aromatic heterocycles. The summed E-state index contributed by atoms with van der Waals surface area (Å²) in [6.45, 7) is 5.16. The Labute approximate surface area is 105 Å². The highest BCUT2D eigenvalue weighted by atomic mass is 16.6. The van der Waals surface area contributed by atoms with Crippen LogP contribution in [0.1, 0.15) is 27.2 Å². The van der Waals surface area contributed by atoms with Gasteiger partial charge in [0.15, 0.2) is 0 Å². The van der Waals surface area contributed by atoms with Crippen LogP contribution in [0, 0.1) is 5.92 Å². The first-order valence-corrected chi connectivity index (χ1v) is 5.52. The van der Waals surface area contributed by atoms with Crippen molar-refractivity contribution in [3.05, 3.63) is 0 Å². The molecule has 7 nitrogen and oxygen atoms in total. The third-order valence-electron chi connectivity index (χ3n) is 2.54. The van der Waals surface area contributed by atoms with Crippen molar-refractivity contribution in [1.82, 2.24) is 5.32 Å². The Hall–Kier alpha value is -1.79. The van der Waals surface area contributed by atoms with Gasteiger partial charge in [-0.3, -0.25) is 0 Å². The lowest BCUT2D eigenvalue weighted by atomic mass is 10.2. The van der Waals surface area contributed by atoms with E-state index < -0.39 is 23.2 Å². The second kappa shape index (κ2) is 4.83. The summed E-state index contributed by atoms with van der Waals surface area (Å²) in [6.07, 6.45) is 0.804. The Bertz CT molecular complexity index is 374. The van der Waals surface area contributed by atoms with Gasteiger partial charge in [-0.2, -0.15) is 0 Å². The van der Waals surface area contributed by atoms with E-state index in [0.29, 0.717) is 6.42 Å². The lowest BCUT2D eigenvalue weighted by molar-refractivity contribution is -0.144. The third-order valence-corrected chi connectivity index (χ3v) is 2.54. The number of hydrogen-bond donors (Lipinski definition) is 2. The number of nitrogens with zero attached hydrogens (tertiary/aromatic N) is 1. The topological polar surface area (TPSA) is 97.2 Å². The quantitative estimate of drug-likeness (QED) is 0.339. The van der Waals surface area contributed by atoms with Crippen LogP contribution >= 0.6 is 0 Å². The van der Waals surface area contributed by atoms with E-state index in [9.17, 15) is 9.59 Å². The van der Waals surface area contributed by atoms with E-state index in [2.05, 4.69) is 15.2 Å². The Morgan fingerprint density at radius 2 is 2.11 bits per heavy atom. The molecule has 0 heterocycles. The van der Waals surface area contributed by atoms with Crippen molar-refractivity contribution in [2.24, 2.45) is 11.1 Å². The molecule has 7 heteroatoms. The van der Waals surface area contributed by atoms with Crippen LogP contribution in [-0.4, -0.2) is 41.7 Å². The van der Waals surface area contributed by atoms with E-state index in [1.807, 2.05) is 0 Å². The summed E-state index contributed by atoms with van der Waals surface area (Å²) in [7, 11) is 1.23. The van der Waals surface area contributed by atoms with Crippen LogP contribution in [0.4, 0.5) is 4.79 Å². The molecule has 0 unspecified atom stereocenters. The minimum atomic E-state index is -1.18. The van der Waals surface area contributed by atoms with E-state index in [4.69, 9.17) is 9.94 Å². The van der Waals surface area contributed by atoms with Crippen molar-refractivity contribution in [2.45, 2.75) is 38.3 Å². The van der Waals surface area contributed by atoms with Crippen molar-refractivity contribution in [3.8, 4) is 0 Å². The number of hydrogen-bond acceptors (Lipinski definition) is 6.